The molecule has 1 aliphatic rings. The summed E-state index contributed by atoms with van der Waals surface area (Å²) >= 11 is 0. The molecule has 0 aliphatic carbocycles. The smallest absolute Gasteiger partial charge is 0.124 e. The van der Waals surface area contributed by atoms with Gasteiger partial charge in [0.25, 0.3) is 0 Å². The second kappa shape index (κ2) is 6.95. The molecule has 0 aromatic heterocycles. The summed E-state index contributed by atoms with van der Waals surface area (Å²) in [5.74, 6) is 1.06. The monoisotopic (exact) mass is 261 g/mol. The first-order valence-electron chi connectivity index (χ1n) is 7.80. The van der Waals surface area contributed by atoms with Crippen LogP contribution < -0.4 is 10.1 Å². The summed E-state index contributed by atoms with van der Waals surface area (Å²) in [5.41, 5.74) is 1.48. The van der Waals surface area contributed by atoms with Gasteiger partial charge in [-0.15, -0.1) is 0 Å². The van der Waals surface area contributed by atoms with Crippen LogP contribution in [0.4, 0.5) is 0 Å². The third-order valence-corrected chi connectivity index (χ3v) is 4.12. The van der Waals surface area contributed by atoms with Gasteiger partial charge in [0.1, 0.15) is 5.75 Å². The van der Waals surface area contributed by atoms with Gasteiger partial charge in [0.15, 0.2) is 0 Å². The van der Waals surface area contributed by atoms with Gasteiger partial charge in [0.05, 0.1) is 6.61 Å². The molecule has 0 spiro atoms. The fourth-order valence-electron chi connectivity index (χ4n) is 3.29. The lowest BCUT2D eigenvalue weighted by atomic mass is 9.81. The summed E-state index contributed by atoms with van der Waals surface area (Å²) in [6.45, 7) is 6.20. The summed E-state index contributed by atoms with van der Waals surface area (Å²) in [7, 11) is 0. The van der Waals surface area contributed by atoms with Crippen LogP contribution in [0, 0.1) is 0 Å². The number of nitrogens with one attached hydrogen (secondary N) is 1. The van der Waals surface area contributed by atoms with Crippen molar-refractivity contribution in [1.82, 2.24) is 5.32 Å². The maximum atomic E-state index is 5.86. The van der Waals surface area contributed by atoms with Crippen LogP contribution in [0.2, 0.25) is 0 Å². The molecule has 2 heteroatoms. The third-order valence-electron chi connectivity index (χ3n) is 4.12. The van der Waals surface area contributed by atoms with Gasteiger partial charge in [-0.2, -0.15) is 0 Å². The van der Waals surface area contributed by atoms with Gasteiger partial charge >= 0.3 is 0 Å². The van der Waals surface area contributed by atoms with E-state index in [1.165, 1.54) is 44.1 Å². The molecular weight excluding hydrogens is 234 g/mol. The standard InChI is InChI=1S/C17H27NO/c1-3-12-17(13-8-5-9-14-18-17)15-10-6-7-11-16(15)19-4-2/h6-7,10-11,18H,3-5,8-9,12-14H2,1-2H3. The minimum Gasteiger partial charge on any atom is -0.494 e. The maximum absolute atomic E-state index is 5.86. The molecule has 2 rings (SSSR count). The molecule has 1 aliphatic heterocycles. The van der Waals surface area contributed by atoms with Crippen molar-refractivity contribution in [2.45, 2.75) is 57.9 Å². The van der Waals surface area contributed by atoms with E-state index < -0.39 is 0 Å². The van der Waals surface area contributed by atoms with Crippen molar-refractivity contribution in [2.24, 2.45) is 0 Å². The molecule has 2 nitrogen and oxygen atoms in total. The second-order valence-electron chi connectivity index (χ2n) is 5.50. The van der Waals surface area contributed by atoms with E-state index in [0.717, 1.165) is 18.9 Å². The van der Waals surface area contributed by atoms with Gasteiger partial charge in [-0.05, 0) is 38.8 Å². The van der Waals surface area contributed by atoms with Gasteiger partial charge in [0.2, 0.25) is 0 Å². The quantitative estimate of drug-likeness (QED) is 0.855. The number of ether oxygens (including phenoxy) is 1. The fraction of sp³-hybridized carbons (Fsp3) is 0.647. The zero-order valence-electron chi connectivity index (χ0n) is 12.4. The van der Waals surface area contributed by atoms with Crippen molar-refractivity contribution < 1.29 is 4.74 Å². The Morgan fingerprint density at radius 3 is 2.79 bits per heavy atom. The minimum absolute atomic E-state index is 0.122. The van der Waals surface area contributed by atoms with Crippen molar-refractivity contribution in [3.05, 3.63) is 29.8 Å². The highest BCUT2D eigenvalue weighted by molar-refractivity contribution is 5.39. The molecule has 1 heterocycles. The van der Waals surface area contributed by atoms with E-state index >= 15 is 0 Å². The van der Waals surface area contributed by atoms with Crippen molar-refractivity contribution in [2.75, 3.05) is 13.2 Å². The topological polar surface area (TPSA) is 21.3 Å². The largest absolute Gasteiger partial charge is 0.494 e. The van der Waals surface area contributed by atoms with Crippen LogP contribution in [0.5, 0.6) is 5.75 Å². The molecule has 0 amide bonds. The number of hydrogen-bond donors (Lipinski definition) is 1. The lowest BCUT2D eigenvalue weighted by Crippen LogP contribution is -2.42. The molecule has 1 N–H and O–H groups in total. The summed E-state index contributed by atoms with van der Waals surface area (Å²) in [4.78, 5) is 0. The van der Waals surface area contributed by atoms with Crippen LogP contribution in [0.3, 0.4) is 0 Å². The fourth-order valence-corrected chi connectivity index (χ4v) is 3.29. The zero-order valence-corrected chi connectivity index (χ0v) is 12.4. The lowest BCUT2D eigenvalue weighted by Gasteiger charge is -2.35. The summed E-state index contributed by atoms with van der Waals surface area (Å²) < 4.78 is 5.86. The van der Waals surface area contributed by atoms with E-state index in [9.17, 15) is 0 Å². The van der Waals surface area contributed by atoms with Crippen LogP contribution in [0.15, 0.2) is 24.3 Å². The van der Waals surface area contributed by atoms with E-state index in [1.54, 1.807) is 0 Å². The normalized spacial score (nSPS) is 23.9. The molecule has 1 fully saturated rings. The summed E-state index contributed by atoms with van der Waals surface area (Å²) in [6.07, 6.45) is 7.57. The average molecular weight is 261 g/mol. The van der Waals surface area contributed by atoms with Gasteiger partial charge < -0.3 is 10.1 Å². The molecule has 0 saturated carbocycles. The molecule has 1 unspecified atom stereocenters. The maximum Gasteiger partial charge on any atom is 0.124 e. The van der Waals surface area contributed by atoms with E-state index in [4.69, 9.17) is 4.74 Å². The first-order valence-corrected chi connectivity index (χ1v) is 7.80. The van der Waals surface area contributed by atoms with Crippen LogP contribution in [0.25, 0.3) is 0 Å². The van der Waals surface area contributed by atoms with E-state index in [0.29, 0.717) is 0 Å². The molecule has 19 heavy (non-hydrogen) atoms. The molecular formula is C17H27NO. The number of benzene rings is 1. The van der Waals surface area contributed by atoms with Crippen LogP contribution in [0.1, 0.15) is 57.9 Å². The summed E-state index contributed by atoms with van der Waals surface area (Å²) in [6, 6.07) is 8.58. The van der Waals surface area contributed by atoms with Crippen LogP contribution in [-0.4, -0.2) is 13.2 Å². The van der Waals surface area contributed by atoms with Crippen LogP contribution in [-0.2, 0) is 5.54 Å². The Balaban J connectivity index is 2.36. The number of para-hydroxylation sites is 1. The molecule has 0 radical (unpaired) electrons. The Morgan fingerprint density at radius 1 is 1.16 bits per heavy atom. The highest BCUT2D eigenvalue weighted by Crippen LogP contribution is 2.39. The Bertz CT molecular complexity index is 381. The molecule has 106 valence electrons. The molecule has 1 aromatic rings. The molecule has 0 bridgehead atoms. The Morgan fingerprint density at radius 2 is 2.00 bits per heavy atom. The number of rotatable bonds is 5. The average Bonchev–Trinajstić information content (AvgIpc) is 2.67. The molecule has 1 atom stereocenters. The van der Waals surface area contributed by atoms with E-state index in [2.05, 4.69) is 43.4 Å². The van der Waals surface area contributed by atoms with E-state index in [1.807, 2.05) is 0 Å². The molecule has 1 aromatic carbocycles. The second-order valence-corrected chi connectivity index (χ2v) is 5.50. The minimum atomic E-state index is 0.122. The van der Waals surface area contributed by atoms with Crippen LogP contribution >= 0.6 is 0 Å². The third kappa shape index (κ3) is 3.30. The van der Waals surface area contributed by atoms with Crippen molar-refractivity contribution in [3.8, 4) is 5.75 Å². The predicted molar refractivity (Wildman–Crippen MR) is 80.7 cm³/mol. The Hall–Kier alpha value is -1.02. The lowest BCUT2D eigenvalue weighted by molar-refractivity contribution is 0.271. The Kier molecular flexibility index (Phi) is 5.26. The zero-order chi connectivity index (χ0) is 13.6. The van der Waals surface area contributed by atoms with Gasteiger partial charge in [-0.3, -0.25) is 0 Å². The first-order chi connectivity index (χ1) is 9.32. The SMILES string of the molecule is CCCC1(c2ccccc2OCC)CCCCCN1. The molecule has 1 saturated heterocycles. The van der Waals surface area contributed by atoms with Gasteiger partial charge in [-0.1, -0.05) is 44.4 Å². The van der Waals surface area contributed by atoms with Crippen molar-refractivity contribution >= 4 is 0 Å². The van der Waals surface area contributed by atoms with Gasteiger partial charge in [-0.25, -0.2) is 0 Å². The predicted octanol–water partition coefficient (Wildman–Crippen LogP) is 4.24. The Labute approximate surface area is 117 Å². The highest BCUT2D eigenvalue weighted by atomic mass is 16.5. The summed E-state index contributed by atoms with van der Waals surface area (Å²) in [5, 5.41) is 3.83. The van der Waals surface area contributed by atoms with Crippen molar-refractivity contribution in [3.63, 3.8) is 0 Å². The highest BCUT2D eigenvalue weighted by Gasteiger charge is 2.33. The van der Waals surface area contributed by atoms with Gasteiger partial charge in [0, 0.05) is 11.1 Å². The van der Waals surface area contributed by atoms with E-state index in [-0.39, 0.29) is 5.54 Å². The first kappa shape index (κ1) is 14.4. The number of hydrogen-bond acceptors (Lipinski definition) is 2. The van der Waals surface area contributed by atoms with Crippen molar-refractivity contribution in [1.29, 1.82) is 0 Å².